The SMILES string of the molecule is CN=C(NCCCCOCCc1ccccc1)N1CCN(C(=O)c2ccco2)CC1. The van der Waals surface area contributed by atoms with Gasteiger partial charge in [-0.25, -0.2) is 0 Å². The molecular formula is C23H32N4O3. The Kier molecular flexibility index (Phi) is 8.78. The molecule has 30 heavy (non-hydrogen) atoms. The summed E-state index contributed by atoms with van der Waals surface area (Å²) in [5.41, 5.74) is 1.31. The molecule has 0 radical (unpaired) electrons. The molecule has 0 unspecified atom stereocenters. The Morgan fingerprint density at radius 1 is 1.03 bits per heavy atom. The quantitative estimate of drug-likeness (QED) is 0.390. The molecule has 0 saturated carbocycles. The number of amides is 1. The number of benzene rings is 1. The Morgan fingerprint density at radius 3 is 2.50 bits per heavy atom. The summed E-state index contributed by atoms with van der Waals surface area (Å²) >= 11 is 0. The number of aliphatic imine (C=N–C) groups is 1. The first-order valence-corrected chi connectivity index (χ1v) is 10.7. The maximum atomic E-state index is 12.4. The van der Waals surface area contributed by atoms with E-state index < -0.39 is 0 Å². The molecular weight excluding hydrogens is 380 g/mol. The average Bonchev–Trinajstić information content (AvgIpc) is 3.33. The summed E-state index contributed by atoms with van der Waals surface area (Å²) in [6.45, 7) is 5.25. The molecule has 1 aromatic carbocycles. The normalized spacial score (nSPS) is 14.8. The second-order valence-electron chi connectivity index (χ2n) is 7.29. The van der Waals surface area contributed by atoms with Gasteiger partial charge in [-0.2, -0.15) is 0 Å². The third-order valence-electron chi connectivity index (χ3n) is 5.19. The lowest BCUT2D eigenvalue weighted by atomic mass is 10.2. The first-order chi connectivity index (χ1) is 14.8. The molecule has 2 aromatic rings. The smallest absolute Gasteiger partial charge is 0.289 e. The lowest BCUT2D eigenvalue weighted by Gasteiger charge is -2.36. The zero-order valence-electron chi connectivity index (χ0n) is 17.8. The summed E-state index contributed by atoms with van der Waals surface area (Å²) in [4.78, 5) is 20.8. The zero-order valence-corrected chi connectivity index (χ0v) is 17.8. The van der Waals surface area contributed by atoms with Crippen molar-refractivity contribution in [2.24, 2.45) is 4.99 Å². The van der Waals surface area contributed by atoms with Crippen molar-refractivity contribution in [1.29, 1.82) is 0 Å². The van der Waals surface area contributed by atoms with E-state index in [4.69, 9.17) is 9.15 Å². The summed E-state index contributed by atoms with van der Waals surface area (Å²) in [6, 6.07) is 13.9. The highest BCUT2D eigenvalue weighted by molar-refractivity contribution is 5.91. The van der Waals surface area contributed by atoms with E-state index in [1.807, 2.05) is 11.0 Å². The molecule has 0 spiro atoms. The summed E-state index contributed by atoms with van der Waals surface area (Å²) in [7, 11) is 1.80. The van der Waals surface area contributed by atoms with E-state index in [2.05, 4.69) is 39.5 Å². The standard InChI is InChI=1S/C23H32N4O3/c1-24-23(25-12-5-6-17-29-19-11-20-8-3-2-4-9-20)27-15-13-26(14-16-27)22(28)21-10-7-18-30-21/h2-4,7-10,18H,5-6,11-17,19H2,1H3,(H,24,25). The van der Waals surface area contributed by atoms with Crippen LogP contribution in [0.4, 0.5) is 0 Å². The van der Waals surface area contributed by atoms with Crippen molar-refractivity contribution in [2.45, 2.75) is 19.3 Å². The van der Waals surface area contributed by atoms with Crippen LogP contribution < -0.4 is 5.32 Å². The maximum absolute atomic E-state index is 12.4. The van der Waals surface area contributed by atoms with Crippen LogP contribution in [0.2, 0.25) is 0 Å². The molecule has 1 amide bonds. The van der Waals surface area contributed by atoms with Crippen LogP contribution in [0.5, 0.6) is 0 Å². The van der Waals surface area contributed by atoms with Gasteiger partial charge in [0.2, 0.25) is 0 Å². The van der Waals surface area contributed by atoms with Gasteiger partial charge in [0.25, 0.3) is 5.91 Å². The third-order valence-corrected chi connectivity index (χ3v) is 5.19. The first kappa shape index (κ1) is 21.9. The number of hydrogen-bond acceptors (Lipinski definition) is 4. The number of guanidine groups is 1. The van der Waals surface area contributed by atoms with E-state index in [9.17, 15) is 4.79 Å². The van der Waals surface area contributed by atoms with Gasteiger partial charge < -0.3 is 24.3 Å². The van der Waals surface area contributed by atoms with Crippen molar-refractivity contribution in [3.63, 3.8) is 0 Å². The van der Waals surface area contributed by atoms with Gasteiger partial charge in [0, 0.05) is 46.4 Å². The number of nitrogens with zero attached hydrogens (tertiary/aromatic N) is 3. The minimum atomic E-state index is -0.0464. The highest BCUT2D eigenvalue weighted by atomic mass is 16.5. The fourth-order valence-corrected chi connectivity index (χ4v) is 3.48. The van der Waals surface area contributed by atoms with E-state index in [1.165, 1.54) is 11.8 Å². The lowest BCUT2D eigenvalue weighted by molar-refractivity contribution is 0.0657. The highest BCUT2D eigenvalue weighted by Crippen LogP contribution is 2.09. The minimum absolute atomic E-state index is 0.0464. The topological polar surface area (TPSA) is 70.3 Å². The minimum Gasteiger partial charge on any atom is -0.459 e. The van der Waals surface area contributed by atoms with Crippen LogP contribution in [0.1, 0.15) is 29.0 Å². The van der Waals surface area contributed by atoms with Gasteiger partial charge in [-0.3, -0.25) is 9.79 Å². The predicted molar refractivity (Wildman–Crippen MR) is 118 cm³/mol. The highest BCUT2D eigenvalue weighted by Gasteiger charge is 2.24. The van der Waals surface area contributed by atoms with E-state index in [0.717, 1.165) is 58.1 Å². The zero-order chi connectivity index (χ0) is 21.0. The molecule has 0 aliphatic carbocycles. The van der Waals surface area contributed by atoms with Crippen molar-refractivity contribution in [2.75, 3.05) is 53.0 Å². The second kappa shape index (κ2) is 12.0. The number of piperazine rings is 1. The Labute approximate surface area is 178 Å². The molecule has 2 heterocycles. The molecule has 0 atom stereocenters. The Morgan fingerprint density at radius 2 is 1.80 bits per heavy atom. The number of carbonyl (C=O) groups excluding carboxylic acids is 1. The van der Waals surface area contributed by atoms with E-state index >= 15 is 0 Å². The van der Waals surface area contributed by atoms with Gasteiger partial charge in [0.15, 0.2) is 11.7 Å². The van der Waals surface area contributed by atoms with Gasteiger partial charge in [0.05, 0.1) is 12.9 Å². The number of rotatable bonds is 9. The molecule has 3 rings (SSSR count). The predicted octanol–water partition coefficient (Wildman–Crippen LogP) is 2.65. The van der Waals surface area contributed by atoms with Crippen LogP contribution in [0.15, 0.2) is 58.1 Å². The fourth-order valence-electron chi connectivity index (χ4n) is 3.48. The van der Waals surface area contributed by atoms with Crippen LogP contribution in [-0.2, 0) is 11.2 Å². The molecule has 1 aromatic heterocycles. The molecule has 162 valence electrons. The van der Waals surface area contributed by atoms with Crippen molar-refractivity contribution in [3.05, 3.63) is 60.1 Å². The monoisotopic (exact) mass is 412 g/mol. The number of ether oxygens (including phenoxy) is 1. The summed E-state index contributed by atoms with van der Waals surface area (Å²) in [6.07, 6.45) is 4.54. The van der Waals surface area contributed by atoms with Gasteiger partial charge >= 0.3 is 0 Å². The summed E-state index contributed by atoms with van der Waals surface area (Å²) in [5.74, 6) is 1.25. The number of carbonyl (C=O) groups is 1. The van der Waals surface area contributed by atoms with E-state index in [1.54, 1.807) is 19.2 Å². The maximum Gasteiger partial charge on any atom is 0.289 e. The van der Waals surface area contributed by atoms with E-state index in [0.29, 0.717) is 18.8 Å². The van der Waals surface area contributed by atoms with Gasteiger partial charge in [0.1, 0.15) is 0 Å². The molecule has 1 aliphatic heterocycles. The van der Waals surface area contributed by atoms with Crippen LogP contribution in [0.3, 0.4) is 0 Å². The van der Waals surface area contributed by atoms with Crippen molar-refractivity contribution >= 4 is 11.9 Å². The van der Waals surface area contributed by atoms with Crippen molar-refractivity contribution in [1.82, 2.24) is 15.1 Å². The molecule has 1 aliphatic rings. The Bertz CT molecular complexity index is 769. The molecule has 0 bridgehead atoms. The molecule has 1 N–H and O–H groups in total. The molecule has 1 saturated heterocycles. The van der Waals surface area contributed by atoms with E-state index in [-0.39, 0.29) is 5.91 Å². The number of hydrogen-bond donors (Lipinski definition) is 1. The molecule has 7 heteroatoms. The number of unbranched alkanes of at least 4 members (excludes halogenated alkanes) is 1. The Hall–Kier alpha value is -2.80. The van der Waals surface area contributed by atoms with Crippen LogP contribution >= 0.6 is 0 Å². The van der Waals surface area contributed by atoms with Crippen LogP contribution in [0.25, 0.3) is 0 Å². The fraction of sp³-hybridized carbons (Fsp3) is 0.478. The average molecular weight is 413 g/mol. The van der Waals surface area contributed by atoms with Crippen LogP contribution in [-0.4, -0.2) is 74.7 Å². The summed E-state index contributed by atoms with van der Waals surface area (Å²) in [5, 5.41) is 3.43. The van der Waals surface area contributed by atoms with Crippen molar-refractivity contribution < 1.29 is 13.9 Å². The Balaban J connectivity index is 1.26. The van der Waals surface area contributed by atoms with Crippen LogP contribution in [0, 0.1) is 0 Å². The van der Waals surface area contributed by atoms with Crippen molar-refractivity contribution in [3.8, 4) is 0 Å². The largest absolute Gasteiger partial charge is 0.459 e. The van der Waals surface area contributed by atoms with Gasteiger partial charge in [-0.1, -0.05) is 30.3 Å². The summed E-state index contributed by atoms with van der Waals surface area (Å²) < 4.78 is 11.0. The number of furan rings is 1. The molecule has 1 fully saturated rings. The second-order valence-corrected chi connectivity index (χ2v) is 7.29. The third kappa shape index (κ3) is 6.62. The lowest BCUT2D eigenvalue weighted by Crippen LogP contribution is -2.53. The number of nitrogens with one attached hydrogen (secondary N) is 1. The first-order valence-electron chi connectivity index (χ1n) is 10.7. The molecule has 7 nitrogen and oxygen atoms in total. The van der Waals surface area contributed by atoms with Gasteiger partial charge in [-0.05, 0) is 37.0 Å². The van der Waals surface area contributed by atoms with Gasteiger partial charge in [-0.15, -0.1) is 0 Å².